The van der Waals surface area contributed by atoms with E-state index >= 15 is 0 Å². The molecule has 0 radical (unpaired) electrons. The van der Waals surface area contributed by atoms with Crippen LogP contribution in [-0.2, 0) is 9.47 Å². The number of methoxy groups -OCH3 is 1. The van der Waals surface area contributed by atoms with Crippen molar-refractivity contribution in [3.63, 3.8) is 0 Å². The maximum Gasteiger partial charge on any atom is 0.254 e. The Kier molecular flexibility index (Phi) is 4.65. The Hall–Kier alpha value is -1.90. The van der Waals surface area contributed by atoms with Gasteiger partial charge in [0.05, 0.1) is 24.7 Å². The van der Waals surface area contributed by atoms with Gasteiger partial charge in [0.25, 0.3) is 5.91 Å². The van der Waals surface area contributed by atoms with E-state index in [1.54, 1.807) is 31.4 Å². The second kappa shape index (κ2) is 6.69. The summed E-state index contributed by atoms with van der Waals surface area (Å²) in [5, 5.41) is 8.95. The SMILES string of the molecule is COCC[C@@H]1CCOC2(C1)CN(C(=O)c1cccc(C#N)c1)C2. The van der Waals surface area contributed by atoms with Gasteiger partial charge >= 0.3 is 0 Å². The van der Waals surface area contributed by atoms with Crippen molar-refractivity contribution in [2.75, 3.05) is 33.4 Å². The molecule has 1 aromatic carbocycles. The van der Waals surface area contributed by atoms with Gasteiger partial charge in [0, 0.05) is 25.9 Å². The number of rotatable bonds is 4. The minimum absolute atomic E-state index is 0.0182. The fourth-order valence-electron chi connectivity index (χ4n) is 3.58. The zero-order valence-electron chi connectivity index (χ0n) is 13.5. The average molecular weight is 314 g/mol. The van der Waals surface area contributed by atoms with Gasteiger partial charge in [-0.1, -0.05) is 6.07 Å². The summed E-state index contributed by atoms with van der Waals surface area (Å²) >= 11 is 0. The van der Waals surface area contributed by atoms with Gasteiger partial charge < -0.3 is 14.4 Å². The van der Waals surface area contributed by atoms with Gasteiger partial charge in [-0.05, 0) is 43.4 Å². The lowest BCUT2D eigenvalue weighted by Gasteiger charge is -2.53. The largest absolute Gasteiger partial charge is 0.385 e. The topological polar surface area (TPSA) is 62.6 Å². The molecular weight excluding hydrogens is 292 g/mol. The summed E-state index contributed by atoms with van der Waals surface area (Å²) in [6.07, 6.45) is 3.13. The lowest BCUT2D eigenvalue weighted by Crippen LogP contribution is -2.66. The molecule has 2 aliphatic rings. The molecule has 3 rings (SSSR count). The molecule has 5 heteroatoms. The van der Waals surface area contributed by atoms with Crippen LogP contribution in [0.3, 0.4) is 0 Å². The molecule has 1 atom stereocenters. The predicted molar refractivity (Wildman–Crippen MR) is 85.0 cm³/mol. The Morgan fingerprint density at radius 1 is 1.52 bits per heavy atom. The minimum atomic E-state index is -0.168. The van der Waals surface area contributed by atoms with Crippen LogP contribution >= 0.6 is 0 Å². The lowest BCUT2D eigenvalue weighted by atomic mass is 9.79. The highest BCUT2D eigenvalue weighted by molar-refractivity contribution is 5.95. The molecule has 1 aromatic rings. The maximum absolute atomic E-state index is 12.5. The Balaban J connectivity index is 1.59. The molecule has 0 saturated carbocycles. The molecule has 0 unspecified atom stereocenters. The smallest absolute Gasteiger partial charge is 0.254 e. The van der Waals surface area contributed by atoms with Crippen molar-refractivity contribution in [2.45, 2.75) is 24.9 Å². The van der Waals surface area contributed by atoms with Crippen molar-refractivity contribution in [3.05, 3.63) is 35.4 Å². The van der Waals surface area contributed by atoms with Crippen molar-refractivity contribution in [3.8, 4) is 6.07 Å². The van der Waals surface area contributed by atoms with Crippen molar-refractivity contribution in [1.29, 1.82) is 5.26 Å². The molecule has 1 spiro atoms. The van der Waals surface area contributed by atoms with E-state index in [1.807, 2.05) is 4.90 Å². The van der Waals surface area contributed by atoms with Crippen LogP contribution in [0, 0.1) is 17.2 Å². The van der Waals surface area contributed by atoms with Gasteiger partial charge in [-0.25, -0.2) is 0 Å². The number of hydrogen-bond donors (Lipinski definition) is 0. The van der Waals surface area contributed by atoms with Gasteiger partial charge in [-0.2, -0.15) is 5.26 Å². The number of amides is 1. The van der Waals surface area contributed by atoms with E-state index in [9.17, 15) is 4.79 Å². The first-order chi connectivity index (χ1) is 11.2. The molecule has 2 heterocycles. The Bertz CT molecular complexity index is 617. The maximum atomic E-state index is 12.5. The molecule has 122 valence electrons. The minimum Gasteiger partial charge on any atom is -0.385 e. The first-order valence-electron chi connectivity index (χ1n) is 8.08. The van der Waals surface area contributed by atoms with Crippen LogP contribution in [-0.4, -0.2) is 49.8 Å². The molecule has 2 saturated heterocycles. The number of likely N-dealkylation sites (tertiary alicyclic amines) is 1. The zero-order valence-corrected chi connectivity index (χ0v) is 13.5. The summed E-state index contributed by atoms with van der Waals surface area (Å²) in [5.41, 5.74) is 0.921. The summed E-state index contributed by atoms with van der Waals surface area (Å²) in [5.74, 6) is 0.596. The van der Waals surface area contributed by atoms with Crippen LogP contribution in [0.4, 0.5) is 0 Å². The van der Waals surface area contributed by atoms with E-state index in [2.05, 4.69) is 6.07 Å². The average Bonchev–Trinajstić information content (AvgIpc) is 2.57. The number of nitrogens with zero attached hydrogens (tertiary/aromatic N) is 2. The van der Waals surface area contributed by atoms with Crippen molar-refractivity contribution < 1.29 is 14.3 Å². The van der Waals surface area contributed by atoms with E-state index in [1.165, 1.54) is 0 Å². The molecule has 23 heavy (non-hydrogen) atoms. The molecule has 0 aromatic heterocycles. The standard InChI is InChI=1S/C18H22N2O3/c1-22-7-5-14-6-8-23-18(10-14)12-20(13-18)17(21)16-4-2-3-15(9-16)11-19/h2-4,9,14H,5-8,10,12-13H2,1H3/t14-/m1/s1. The normalized spacial score (nSPS) is 22.4. The van der Waals surface area contributed by atoms with Crippen LogP contribution in [0.5, 0.6) is 0 Å². The third kappa shape index (κ3) is 3.39. The first kappa shape index (κ1) is 16.0. The van der Waals surface area contributed by atoms with E-state index in [0.29, 0.717) is 30.1 Å². The molecule has 2 fully saturated rings. The number of ether oxygens (including phenoxy) is 2. The second-order valence-electron chi connectivity index (χ2n) is 6.53. The van der Waals surface area contributed by atoms with E-state index < -0.39 is 0 Å². The summed E-state index contributed by atoms with van der Waals surface area (Å²) < 4.78 is 11.2. The fraction of sp³-hybridized carbons (Fsp3) is 0.556. The number of benzene rings is 1. The van der Waals surface area contributed by atoms with Gasteiger partial charge in [-0.3, -0.25) is 4.79 Å². The van der Waals surface area contributed by atoms with Crippen LogP contribution < -0.4 is 0 Å². The van der Waals surface area contributed by atoms with Crippen molar-refractivity contribution >= 4 is 5.91 Å². The molecular formula is C18H22N2O3. The van der Waals surface area contributed by atoms with E-state index in [0.717, 1.165) is 32.5 Å². The lowest BCUT2D eigenvalue weighted by molar-refractivity contribution is -0.167. The third-order valence-electron chi connectivity index (χ3n) is 4.81. The molecule has 5 nitrogen and oxygen atoms in total. The number of carbonyl (C=O) groups excluding carboxylic acids is 1. The van der Waals surface area contributed by atoms with Crippen LogP contribution in [0.15, 0.2) is 24.3 Å². The van der Waals surface area contributed by atoms with E-state index in [-0.39, 0.29) is 11.5 Å². The van der Waals surface area contributed by atoms with Crippen LogP contribution in [0.1, 0.15) is 35.2 Å². The first-order valence-corrected chi connectivity index (χ1v) is 8.08. The summed E-state index contributed by atoms with van der Waals surface area (Å²) in [4.78, 5) is 14.3. The number of hydrogen-bond acceptors (Lipinski definition) is 4. The quantitative estimate of drug-likeness (QED) is 0.855. The predicted octanol–water partition coefficient (Wildman–Crippen LogP) is 2.22. The van der Waals surface area contributed by atoms with Crippen LogP contribution in [0.25, 0.3) is 0 Å². The second-order valence-corrected chi connectivity index (χ2v) is 6.53. The number of nitriles is 1. The Morgan fingerprint density at radius 3 is 3.09 bits per heavy atom. The molecule has 0 aliphatic carbocycles. The van der Waals surface area contributed by atoms with Gasteiger partial charge in [0.15, 0.2) is 0 Å². The zero-order chi connectivity index (χ0) is 16.3. The van der Waals surface area contributed by atoms with Gasteiger partial charge in [-0.15, -0.1) is 0 Å². The van der Waals surface area contributed by atoms with Crippen molar-refractivity contribution in [1.82, 2.24) is 4.90 Å². The Morgan fingerprint density at radius 2 is 2.35 bits per heavy atom. The molecule has 2 aliphatic heterocycles. The molecule has 1 amide bonds. The van der Waals surface area contributed by atoms with Gasteiger partial charge in [0.1, 0.15) is 5.60 Å². The van der Waals surface area contributed by atoms with E-state index in [4.69, 9.17) is 14.7 Å². The van der Waals surface area contributed by atoms with Crippen molar-refractivity contribution in [2.24, 2.45) is 5.92 Å². The summed E-state index contributed by atoms with van der Waals surface area (Å²) in [7, 11) is 1.73. The fourth-order valence-corrected chi connectivity index (χ4v) is 3.58. The molecule has 0 bridgehead atoms. The third-order valence-corrected chi connectivity index (χ3v) is 4.81. The Labute approximate surface area is 136 Å². The monoisotopic (exact) mass is 314 g/mol. The highest BCUT2D eigenvalue weighted by atomic mass is 16.5. The highest BCUT2D eigenvalue weighted by Crippen LogP contribution is 2.38. The van der Waals surface area contributed by atoms with Gasteiger partial charge in [0.2, 0.25) is 0 Å². The molecule has 0 N–H and O–H groups in total. The summed E-state index contributed by atoms with van der Waals surface area (Å²) in [6.45, 7) is 2.84. The van der Waals surface area contributed by atoms with Crippen LogP contribution in [0.2, 0.25) is 0 Å². The number of carbonyl (C=O) groups is 1. The highest BCUT2D eigenvalue weighted by Gasteiger charge is 2.49. The summed E-state index contributed by atoms with van der Waals surface area (Å²) in [6, 6.07) is 8.94.